The molecule has 7 heteroatoms. The highest BCUT2D eigenvalue weighted by atomic mass is 16.5. The van der Waals surface area contributed by atoms with Crippen LogP contribution in [0.25, 0.3) is 0 Å². The molecule has 0 aromatic heterocycles. The van der Waals surface area contributed by atoms with Crippen molar-refractivity contribution in [2.45, 2.75) is 25.3 Å². The number of likely N-dealkylation sites (N-methyl/N-ethyl adjacent to an activating group) is 1. The summed E-state index contributed by atoms with van der Waals surface area (Å²) in [6, 6.07) is 19.7. The Balaban J connectivity index is 1.31. The van der Waals surface area contributed by atoms with Crippen molar-refractivity contribution in [3.8, 4) is 5.75 Å². The van der Waals surface area contributed by atoms with E-state index in [1.807, 2.05) is 53.4 Å². The van der Waals surface area contributed by atoms with Gasteiger partial charge in [0.25, 0.3) is 0 Å². The Morgan fingerprint density at radius 1 is 0.971 bits per heavy atom. The van der Waals surface area contributed by atoms with Crippen molar-refractivity contribution < 1.29 is 14.3 Å². The summed E-state index contributed by atoms with van der Waals surface area (Å²) in [4.78, 5) is 32.7. The minimum atomic E-state index is -0.179. The number of benzene rings is 2. The monoisotopic (exact) mass is 478 g/mol. The van der Waals surface area contributed by atoms with Gasteiger partial charge in [0.1, 0.15) is 5.75 Å². The topological polar surface area (TPSA) is 65.1 Å². The van der Waals surface area contributed by atoms with Gasteiger partial charge in [-0.3, -0.25) is 14.5 Å². The molecule has 2 aromatic carbocycles. The van der Waals surface area contributed by atoms with Crippen molar-refractivity contribution in [3.05, 3.63) is 66.2 Å². The molecule has 1 N–H and O–H groups in total. The maximum Gasteiger partial charge on any atom is 0.226 e. The number of hydrogen-bond donors (Lipinski definition) is 1. The van der Waals surface area contributed by atoms with Gasteiger partial charge in [0, 0.05) is 45.8 Å². The van der Waals surface area contributed by atoms with Crippen LogP contribution in [-0.2, 0) is 9.59 Å². The number of likely N-dealkylation sites (tertiary alicyclic amines) is 1. The van der Waals surface area contributed by atoms with Crippen LogP contribution < -0.4 is 10.1 Å². The first-order valence-electron chi connectivity index (χ1n) is 12.8. The number of piperazine rings is 1. The highest BCUT2D eigenvalue weighted by Crippen LogP contribution is 2.21. The van der Waals surface area contributed by atoms with Crippen LogP contribution in [-0.4, -0.2) is 86.0 Å². The molecule has 2 aliphatic heterocycles. The van der Waals surface area contributed by atoms with Gasteiger partial charge in [0.15, 0.2) is 0 Å². The third-order valence-electron chi connectivity index (χ3n) is 7.03. The minimum absolute atomic E-state index is 0.0472. The summed E-state index contributed by atoms with van der Waals surface area (Å²) >= 11 is 0. The fraction of sp³-hybridized carbons (Fsp3) is 0.500. The fourth-order valence-electron chi connectivity index (χ4n) is 4.85. The number of carbonyl (C=O) groups is 2. The maximum atomic E-state index is 13.3. The smallest absolute Gasteiger partial charge is 0.226 e. The number of hydrogen-bond acceptors (Lipinski definition) is 5. The van der Waals surface area contributed by atoms with Gasteiger partial charge in [-0.1, -0.05) is 48.5 Å². The summed E-state index contributed by atoms with van der Waals surface area (Å²) in [5.74, 6) is 0.687. The first-order chi connectivity index (χ1) is 17.1. The molecule has 2 aromatic rings. The van der Waals surface area contributed by atoms with Crippen molar-refractivity contribution in [1.82, 2.24) is 20.0 Å². The molecule has 0 aliphatic carbocycles. The molecular weight excluding hydrogens is 440 g/mol. The standard InChI is InChI=1S/C28H38N4O3/c1-30-16-18-31(19-17-30)22-26(23-9-4-2-5-10-23)29-28(34)24-11-8-15-32(21-24)27(33)14-20-35-25-12-6-3-7-13-25/h2-7,9-10,12-13,24,26H,8,11,14-22H2,1H3,(H,29,34). The summed E-state index contributed by atoms with van der Waals surface area (Å²) in [6.07, 6.45) is 1.98. The van der Waals surface area contributed by atoms with E-state index in [1.54, 1.807) is 0 Å². The molecule has 2 aliphatic rings. The normalized spacial score (nSPS) is 20.3. The number of nitrogens with zero attached hydrogens (tertiary/aromatic N) is 3. The van der Waals surface area contributed by atoms with Crippen molar-refractivity contribution in [3.63, 3.8) is 0 Å². The summed E-state index contributed by atoms with van der Waals surface area (Å²) in [6.45, 7) is 6.43. The third-order valence-corrected chi connectivity index (χ3v) is 7.03. The van der Waals surface area contributed by atoms with Gasteiger partial charge in [-0.15, -0.1) is 0 Å². The maximum absolute atomic E-state index is 13.3. The molecule has 0 saturated carbocycles. The number of amides is 2. The molecule has 2 atom stereocenters. The van der Waals surface area contributed by atoms with Gasteiger partial charge in [0.2, 0.25) is 11.8 Å². The van der Waals surface area contributed by atoms with Crippen LogP contribution in [0.4, 0.5) is 0 Å². The highest BCUT2D eigenvalue weighted by molar-refractivity contribution is 5.81. The molecule has 7 nitrogen and oxygen atoms in total. The highest BCUT2D eigenvalue weighted by Gasteiger charge is 2.30. The lowest BCUT2D eigenvalue weighted by Gasteiger charge is -2.36. The SMILES string of the molecule is CN1CCN(CC(NC(=O)C2CCCN(C(=O)CCOc3ccccc3)C2)c2ccccc2)CC1. The lowest BCUT2D eigenvalue weighted by atomic mass is 9.95. The van der Waals surface area contributed by atoms with Crippen molar-refractivity contribution >= 4 is 11.8 Å². The molecule has 0 radical (unpaired) electrons. The molecule has 188 valence electrons. The van der Waals surface area contributed by atoms with Gasteiger partial charge < -0.3 is 19.9 Å². The van der Waals surface area contributed by atoms with Gasteiger partial charge in [0.05, 0.1) is 25.0 Å². The molecule has 0 bridgehead atoms. The Morgan fingerprint density at radius 3 is 2.37 bits per heavy atom. The van der Waals surface area contributed by atoms with Gasteiger partial charge in [-0.25, -0.2) is 0 Å². The summed E-state index contributed by atoms with van der Waals surface area (Å²) in [7, 11) is 2.15. The van der Waals surface area contributed by atoms with E-state index in [-0.39, 0.29) is 23.8 Å². The number of carbonyl (C=O) groups excluding carboxylic acids is 2. The predicted octanol–water partition coefficient (Wildman–Crippen LogP) is 2.80. The zero-order valence-electron chi connectivity index (χ0n) is 20.8. The number of rotatable bonds is 9. The average Bonchev–Trinajstić information content (AvgIpc) is 2.90. The van der Waals surface area contributed by atoms with Crippen LogP contribution in [0, 0.1) is 5.92 Å². The average molecular weight is 479 g/mol. The summed E-state index contributed by atoms with van der Waals surface area (Å²) in [5, 5.41) is 3.33. The molecule has 2 unspecified atom stereocenters. The van der Waals surface area contributed by atoms with Crippen LogP contribution in [0.2, 0.25) is 0 Å². The minimum Gasteiger partial charge on any atom is -0.493 e. The van der Waals surface area contributed by atoms with E-state index in [1.165, 1.54) is 0 Å². The molecule has 2 fully saturated rings. The fourth-order valence-corrected chi connectivity index (χ4v) is 4.85. The van der Waals surface area contributed by atoms with Crippen LogP contribution in [0.1, 0.15) is 30.9 Å². The Bertz CT molecular complexity index is 932. The second kappa shape index (κ2) is 12.7. The summed E-state index contributed by atoms with van der Waals surface area (Å²) < 4.78 is 5.69. The van der Waals surface area contributed by atoms with Crippen LogP contribution in [0.15, 0.2) is 60.7 Å². The predicted molar refractivity (Wildman–Crippen MR) is 137 cm³/mol. The zero-order chi connectivity index (χ0) is 24.5. The molecule has 4 rings (SSSR count). The van der Waals surface area contributed by atoms with Crippen molar-refractivity contribution in [2.24, 2.45) is 5.92 Å². The molecular formula is C28H38N4O3. The van der Waals surface area contributed by atoms with E-state index in [0.717, 1.165) is 56.9 Å². The second-order valence-corrected chi connectivity index (χ2v) is 9.67. The molecule has 0 spiro atoms. The Morgan fingerprint density at radius 2 is 1.66 bits per heavy atom. The second-order valence-electron chi connectivity index (χ2n) is 9.67. The first kappa shape index (κ1) is 25.2. The molecule has 2 heterocycles. The molecule has 2 saturated heterocycles. The number of nitrogens with one attached hydrogen (secondary N) is 1. The van der Waals surface area contributed by atoms with Gasteiger partial charge in [-0.05, 0) is 37.6 Å². The van der Waals surface area contributed by atoms with Crippen molar-refractivity contribution in [1.29, 1.82) is 0 Å². The van der Waals surface area contributed by atoms with E-state index in [0.29, 0.717) is 26.1 Å². The van der Waals surface area contributed by atoms with Crippen molar-refractivity contribution in [2.75, 3.05) is 59.5 Å². The lowest BCUT2D eigenvalue weighted by Crippen LogP contribution is -2.50. The lowest BCUT2D eigenvalue weighted by molar-refractivity contribution is -0.136. The van der Waals surface area contributed by atoms with Crippen LogP contribution in [0.5, 0.6) is 5.75 Å². The Kier molecular flexibility index (Phi) is 9.15. The third kappa shape index (κ3) is 7.54. The van der Waals surface area contributed by atoms with Gasteiger partial charge in [-0.2, -0.15) is 0 Å². The first-order valence-corrected chi connectivity index (χ1v) is 12.8. The molecule has 2 amide bonds. The van der Waals surface area contributed by atoms with E-state index >= 15 is 0 Å². The zero-order valence-corrected chi connectivity index (χ0v) is 20.8. The quantitative estimate of drug-likeness (QED) is 0.601. The van der Waals surface area contributed by atoms with Crippen LogP contribution >= 0.6 is 0 Å². The van der Waals surface area contributed by atoms with E-state index in [4.69, 9.17) is 4.74 Å². The van der Waals surface area contributed by atoms with E-state index in [9.17, 15) is 9.59 Å². The summed E-state index contributed by atoms with van der Waals surface area (Å²) in [5.41, 5.74) is 1.13. The van der Waals surface area contributed by atoms with Crippen LogP contribution in [0.3, 0.4) is 0 Å². The number of para-hydroxylation sites is 1. The van der Waals surface area contributed by atoms with Gasteiger partial charge >= 0.3 is 0 Å². The van der Waals surface area contributed by atoms with E-state index < -0.39 is 0 Å². The largest absolute Gasteiger partial charge is 0.493 e. The van der Waals surface area contributed by atoms with E-state index in [2.05, 4.69) is 34.3 Å². The number of piperidine rings is 1. The Labute approximate surface area is 209 Å². The molecule has 35 heavy (non-hydrogen) atoms. The Hall–Kier alpha value is -2.90. The number of ether oxygens (including phenoxy) is 1.